The van der Waals surface area contributed by atoms with E-state index in [1.54, 1.807) is 30.3 Å². The molecule has 0 atom stereocenters. The molecular weight excluding hydrogens is 516 g/mol. The smallest absolute Gasteiger partial charge is 0.343 e. The van der Waals surface area contributed by atoms with Gasteiger partial charge in [-0.2, -0.15) is 10.0 Å². The molecule has 35 heavy (non-hydrogen) atoms. The predicted octanol–water partition coefficient (Wildman–Crippen LogP) is 3.58. The van der Waals surface area contributed by atoms with Gasteiger partial charge in [-0.25, -0.2) is 13.2 Å². The van der Waals surface area contributed by atoms with Crippen molar-refractivity contribution in [2.45, 2.75) is 6.92 Å². The van der Waals surface area contributed by atoms with E-state index >= 15 is 0 Å². The molecule has 2 aromatic rings. The molecule has 0 fully saturated rings. The third kappa shape index (κ3) is 4.99. The summed E-state index contributed by atoms with van der Waals surface area (Å²) in [6.45, 7) is 1.47. The minimum Gasteiger partial charge on any atom is -0.497 e. The second kappa shape index (κ2) is 9.64. The first-order chi connectivity index (χ1) is 16.6. The van der Waals surface area contributed by atoms with Gasteiger partial charge in [0.05, 0.1) is 29.0 Å². The zero-order valence-corrected chi connectivity index (χ0v) is 20.7. The number of sulfone groups is 1. The lowest BCUT2D eigenvalue weighted by Gasteiger charge is -2.20. The van der Waals surface area contributed by atoms with E-state index in [2.05, 4.69) is 10.1 Å². The number of fused-ring (bicyclic) bond motifs is 1. The lowest BCUT2D eigenvalue weighted by Crippen LogP contribution is -2.35. The Bertz CT molecular complexity index is 1450. The van der Waals surface area contributed by atoms with Crippen LogP contribution in [0.4, 0.5) is 0 Å². The molecule has 0 spiro atoms. The van der Waals surface area contributed by atoms with Crippen molar-refractivity contribution in [3.05, 3.63) is 64.2 Å². The van der Waals surface area contributed by atoms with Gasteiger partial charge in [0.15, 0.2) is 5.84 Å². The molecule has 2 aliphatic heterocycles. The van der Waals surface area contributed by atoms with Gasteiger partial charge in [0.2, 0.25) is 19.4 Å². The third-order valence-corrected chi connectivity index (χ3v) is 8.26. The van der Waals surface area contributed by atoms with Crippen LogP contribution in [0.3, 0.4) is 0 Å². The molecule has 13 heteroatoms. The van der Waals surface area contributed by atoms with Crippen molar-refractivity contribution in [1.82, 2.24) is 5.01 Å². The summed E-state index contributed by atoms with van der Waals surface area (Å²) in [7, 11) is -2.10. The fraction of sp³-hybridized carbons (Fsp3) is 0.136. The number of halogens is 1. The summed E-state index contributed by atoms with van der Waals surface area (Å²) in [6.07, 6.45) is 1.37. The summed E-state index contributed by atoms with van der Waals surface area (Å²) in [6, 6.07) is 10.8. The van der Waals surface area contributed by atoms with E-state index in [9.17, 15) is 18.0 Å². The Hall–Kier alpha value is -3.48. The average molecular weight is 533 g/mol. The molecule has 0 radical (unpaired) electrons. The Morgan fingerprint density at radius 3 is 2.57 bits per heavy atom. The number of nitrogens with one attached hydrogen (secondary N) is 1. The highest BCUT2D eigenvalue weighted by Gasteiger charge is 2.39. The van der Waals surface area contributed by atoms with Crippen LogP contribution in [0.25, 0.3) is 6.08 Å². The summed E-state index contributed by atoms with van der Waals surface area (Å²) in [4.78, 5) is 28.8. The number of carbonyl (C=O) groups excluding carboxylic acids is 2. The highest BCUT2D eigenvalue weighted by atomic mass is 35.5. The van der Waals surface area contributed by atoms with Gasteiger partial charge in [-0.3, -0.25) is 10.2 Å². The number of ether oxygens (including phenoxy) is 2. The molecule has 10 nitrogen and oxygen atoms in total. The number of methoxy groups -OCH3 is 1. The molecular formula is C22H17ClN4O6S2. The summed E-state index contributed by atoms with van der Waals surface area (Å²) in [5, 5.41) is 13.4. The van der Waals surface area contributed by atoms with Gasteiger partial charge >= 0.3 is 5.97 Å². The zero-order valence-electron chi connectivity index (χ0n) is 18.3. The van der Waals surface area contributed by atoms with Crippen molar-refractivity contribution in [2.75, 3.05) is 12.9 Å². The maximum atomic E-state index is 12.5. The predicted molar refractivity (Wildman–Crippen MR) is 134 cm³/mol. The number of thioether (sulfide) groups is 1. The van der Waals surface area contributed by atoms with Gasteiger partial charge in [0, 0.05) is 0 Å². The van der Waals surface area contributed by atoms with Crippen molar-refractivity contribution < 1.29 is 27.5 Å². The van der Waals surface area contributed by atoms with E-state index < -0.39 is 21.7 Å². The maximum absolute atomic E-state index is 12.5. The first-order valence-electron chi connectivity index (χ1n) is 10.0. The van der Waals surface area contributed by atoms with Crippen LogP contribution >= 0.6 is 23.4 Å². The van der Waals surface area contributed by atoms with Gasteiger partial charge in [0.1, 0.15) is 11.5 Å². The van der Waals surface area contributed by atoms with Crippen LogP contribution in [-0.2, 0) is 14.6 Å². The van der Waals surface area contributed by atoms with Gasteiger partial charge in [-0.1, -0.05) is 24.6 Å². The number of aliphatic imine (C=N–C) groups is 1. The molecule has 4 rings (SSSR count). The highest BCUT2D eigenvalue weighted by molar-refractivity contribution is 8.42. The zero-order chi connectivity index (χ0) is 25.3. The van der Waals surface area contributed by atoms with E-state index in [-0.39, 0.29) is 37.5 Å². The molecule has 1 N–H and O–H groups in total. The minimum absolute atomic E-state index is 0.00278. The molecule has 0 aromatic heterocycles. The second-order valence-corrected chi connectivity index (χ2v) is 10.9. The Morgan fingerprint density at radius 1 is 1.23 bits per heavy atom. The first-order valence-corrected chi connectivity index (χ1v) is 12.9. The number of amidine groups is 2. The van der Waals surface area contributed by atoms with Crippen molar-refractivity contribution in [2.24, 2.45) is 10.1 Å². The van der Waals surface area contributed by atoms with Crippen LogP contribution in [0.2, 0.25) is 5.02 Å². The van der Waals surface area contributed by atoms with Gasteiger partial charge in [-0.15, -0.1) is 5.10 Å². The van der Waals surface area contributed by atoms with Crippen molar-refractivity contribution in [3.63, 3.8) is 0 Å². The lowest BCUT2D eigenvalue weighted by molar-refractivity contribution is -0.114. The van der Waals surface area contributed by atoms with Crippen LogP contribution in [0.15, 0.2) is 58.1 Å². The van der Waals surface area contributed by atoms with Crippen molar-refractivity contribution >= 4 is 66.5 Å². The average Bonchev–Trinajstić information content (AvgIpc) is 3.28. The first kappa shape index (κ1) is 24.6. The molecule has 0 unspecified atom stereocenters. The van der Waals surface area contributed by atoms with E-state index in [4.69, 9.17) is 26.5 Å². The highest BCUT2D eigenvalue weighted by Crippen LogP contribution is 2.32. The van der Waals surface area contributed by atoms with Crippen molar-refractivity contribution in [3.8, 4) is 11.5 Å². The summed E-state index contributed by atoms with van der Waals surface area (Å²) < 4.78 is 34.4. The quantitative estimate of drug-likeness (QED) is 0.350. The SMILES string of the molecule is CCS(=O)(=O)C1=NN2C(=N)/C(=C\c3ccc(OC(=O)c4ccc(OC)cc4)c(Cl)c3)C(=O)N=C2S1. The standard InChI is InChI=1S/C22H17ClN4O6S2/c1-3-35(30,31)22-26-27-18(24)15(19(28)25-21(27)34-22)10-12-4-9-17(16(23)11-12)33-20(29)13-5-7-14(32-2)8-6-13/h4-11,24H,3H2,1-2H3/b15-10+,24-18?. The number of hydrogen-bond acceptors (Lipinski definition) is 9. The number of hydrazone groups is 1. The Labute approximate surface area is 209 Å². The Balaban J connectivity index is 1.55. The molecule has 180 valence electrons. The summed E-state index contributed by atoms with van der Waals surface area (Å²) >= 11 is 7.00. The number of hydrogen-bond donors (Lipinski definition) is 1. The van der Waals surface area contributed by atoms with Crippen LogP contribution in [-0.4, -0.2) is 53.5 Å². The molecule has 2 aromatic carbocycles. The van der Waals surface area contributed by atoms with Crippen LogP contribution in [0.1, 0.15) is 22.8 Å². The number of amides is 1. The summed E-state index contributed by atoms with van der Waals surface area (Å²) in [5.41, 5.74) is 0.631. The molecule has 2 heterocycles. The molecule has 1 amide bonds. The van der Waals surface area contributed by atoms with Crippen molar-refractivity contribution in [1.29, 1.82) is 5.41 Å². The lowest BCUT2D eigenvalue weighted by atomic mass is 10.1. The topological polar surface area (TPSA) is 139 Å². The number of benzene rings is 2. The maximum Gasteiger partial charge on any atom is 0.343 e. The van der Waals surface area contributed by atoms with E-state index in [0.29, 0.717) is 16.9 Å². The van der Waals surface area contributed by atoms with E-state index in [0.717, 1.165) is 16.8 Å². The monoisotopic (exact) mass is 532 g/mol. The Kier molecular flexibility index (Phi) is 6.79. The third-order valence-electron chi connectivity index (χ3n) is 4.88. The van der Waals surface area contributed by atoms with Gasteiger partial charge in [-0.05, 0) is 59.8 Å². The van der Waals surface area contributed by atoms with Crippen LogP contribution in [0, 0.1) is 5.41 Å². The number of carbonyl (C=O) groups is 2. The largest absolute Gasteiger partial charge is 0.497 e. The van der Waals surface area contributed by atoms with Gasteiger partial charge < -0.3 is 9.47 Å². The second-order valence-electron chi connectivity index (χ2n) is 7.10. The number of esters is 1. The molecule has 2 aliphatic rings. The number of rotatable bonds is 5. The van der Waals surface area contributed by atoms with Gasteiger partial charge in [0.25, 0.3) is 5.91 Å². The Morgan fingerprint density at radius 2 is 1.94 bits per heavy atom. The van der Waals surface area contributed by atoms with E-state index in [1.807, 2.05) is 0 Å². The fourth-order valence-corrected chi connectivity index (χ4v) is 5.36. The van der Waals surface area contributed by atoms with Crippen LogP contribution in [0.5, 0.6) is 11.5 Å². The molecule has 0 saturated heterocycles. The normalized spacial score (nSPS) is 16.7. The fourth-order valence-electron chi connectivity index (χ4n) is 2.97. The van der Waals surface area contributed by atoms with Crippen LogP contribution < -0.4 is 9.47 Å². The molecule has 0 aliphatic carbocycles. The van der Waals surface area contributed by atoms with E-state index in [1.165, 1.54) is 32.2 Å². The minimum atomic E-state index is -3.62. The molecule has 0 bridgehead atoms. The molecule has 0 saturated carbocycles. The number of nitrogens with zero attached hydrogens (tertiary/aromatic N) is 3. The summed E-state index contributed by atoms with van der Waals surface area (Å²) in [5.74, 6) is -1.12.